The molecular formula is C24H48N4. The Morgan fingerprint density at radius 1 is 0.750 bits per heavy atom. The summed E-state index contributed by atoms with van der Waals surface area (Å²) in [6.07, 6.45) is 10.9. The second-order valence-corrected chi connectivity index (χ2v) is 10.7. The molecule has 4 nitrogen and oxygen atoms in total. The molecule has 3 aliphatic rings. The van der Waals surface area contributed by atoms with E-state index in [1.165, 1.54) is 64.5 Å². The third-order valence-corrected chi connectivity index (χ3v) is 7.67. The molecule has 3 saturated heterocycles. The van der Waals surface area contributed by atoms with E-state index in [4.69, 9.17) is 0 Å². The number of fused-ring (bicyclic) bond motifs is 2. The first-order chi connectivity index (χ1) is 13.3. The van der Waals surface area contributed by atoms with E-state index < -0.39 is 0 Å². The Kier molecular flexibility index (Phi) is 8.23. The second kappa shape index (κ2) is 10.2. The van der Waals surface area contributed by atoms with E-state index in [0.717, 1.165) is 30.2 Å². The molecule has 3 heterocycles. The van der Waals surface area contributed by atoms with Gasteiger partial charge in [0.1, 0.15) is 0 Å². The predicted molar refractivity (Wildman–Crippen MR) is 121 cm³/mol. The van der Waals surface area contributed by atoms with Gasteiger partial charge in [0.05, 0.1) is 0 Å². The van der Waals surface area contributed by atoms with Gasteiger partial charge in [0.2, 0.25) is 0 Å². The average Bonchev–Trinajstić information content (AvgIpc) is 2.90. The van der Waals surface area contributed by atoms with Crippen LogP contribution >= 0.6 is 0 Å². The van der Waals surface area contributed by atoms with Crippen molar-refractivity contribution in [3.63, 3.8) is 0 Å². The van der Waals surface area contributed by atoms with E-state index in [0.29, 0.717) is 18.1 Å². The Morgan fingerprint density at radius 3 is 1.89 bits per heavy atom. The maximum atomic E-state index is 3.95. The summed E-state index contributed by atoms with van der Waals surface area (Å²) in [5, 5.41) is 7.76. The van der Waals surface area contributed by atoms with Crippen LogP contribution in [-0.2, 0) is 0 Å². The zero-order valence-corrected chi connectivity index (χ0v) is 19.6. The molecule has 0 amide bonds. The van der Waals surface area contributed by atoms with Gasteiger partial charge in [0.25, 0.3) is 0 Å². The lowest BCUT2D eigenvalue weighted by Crippen LogP contribution is -2.53. The Labute approximate surface area is 175 Å². The molecule has 0 radical (unpaired) electrons. The van der Waals surface area contributed by atoms with Crippen LogP contribution in [0.5, 0.6) is 0 Å². The van der Waals surface area contributed by atoms with Crippen molar-refractivity contribution < 1.29 is 0 Å². The summed E-state index contributed by atoms with van der Waals surface area (Å²) in [7, 11) is 0. The van der Waals surface area contributed by atoms with E-state index in [-0.39, 0.29) is 0 Å². The minimum atomic E-state index is 0.618. The van der Waals surface area contributed by atoms with Crippen LogP contribution in [0, 0.1) is 0 Å². The fourth-order valence-corrected chi connectivity index (χ4v) is 6.25. The van der Waals surface area contributed by atoms with Gasteiger partial charge in [0.15, 0.2) is 0 Å². The number of hydrogen-bond donors (Lipinski definition) is 2. The third-order valence-electron chi connectivity index (χ3n) is 7.67. The van der Waals surface area contributed by atoms with E-state index in [1.807, 2.05) is 0 Å². The Hall–Kier alpha value is -0.160. The van der Waals surface area contributed by atoms with Crippen molar-refractivity contribution in [2.75, 3.05) is 13.1 Å². The minimum Gasteiger partial charge on any atom is -0.312 e. The molecule has 0 aliphatic carbocycles. The largest absolute Gasteiger partial charge is 0.312 e. The van der Waals surface area contributed by atoms with Gasteiger partial charge in [0, 0.05) is 48.3 Å². The Morgan fingerprint density at radius 2 is 1.36 bits per heavy atom. The van der Waals surface area contributed by atoms with Crippen molar-refractivity contribution in [1.82, 2.24) is 20.4 Å². The first kappa shape index (κ1) is 22.5. The molecule has 2 N–H and O–H groups in total. The van der Waals surface area contributed by atoms with E-state index >= 15 is 0 Å². The highest BCUT2D eigenvalue weighted by molar-refractivity contribution is 4.99. The van der Waals surface area contributed by atoms with Crippen LogP contribution in [0.3, 0.4) is 0 Å². The highest BCUT2D eigenvalue weighted by Crippen LogP contribution is 2.38. The first-order valence-electron chi connectivity index (χ1n) is 12.4. The highest BCUT2D eigenvalue weighted by atomic mass is 15.3. The summed E-state index contributed by atoms with van der Waals surface area (Å²) in [4.78, 5) is 5.53. The quantitative estimate of drug-likeness (QED) is 0.621. The zero-order valence-electron chi connectivity index (χ0n) is 19.6. The summed E-state index contributed by atoms with van der Waals surface area (Å²) in [6, 6.07) is 5.84. The molecule has 4 atom stereocenters. The van der Waals surface area contributed by atoms with E-state index in [9.17, 15) is 0 Å². The van der Waals surface area contributed by atoms with Crippen molar-refractivity contribution in [3.8, 4) is 0 Å². The third kappa shape index (κ3) is 5.93. The van der Waals surface area contributed by atoms with Gasteiger partial charge in [-0.2, -0.15) is 0 Å². The Bertz CT molecular complexity index is 444. The number of nitrogens with zero attached hydrogens (tertiary/aromatic N) is 2. The van der Waals surface area contributed by atoms with Crippen molar-refractivity contribution in [2.45, 2.75) is 141 Å². The lowest BCUT2D eigenvalue weighted by atomic mass is 9.93. The lowest BCUT2D eigenvalue weighted by molar-refractivity contribution is 0.0690. The maximum Gasteiger partial charge on any atom is 0.0116 e. The summed E-state index contributed by atoms with van der Waals surface area (Å²) in [5.74, 6) is 0. The summed E-state index contributed by atoms with van der Waals surface area (Å²) >= 11 is 0. The number of piperidine rings is 2. The second-order valence-electron chi connectivity index (χ2n) is 10.7. The summed E-state index contributed by atoms with van der Waals surface area (Å²) in [5.41, 5.74) is 0. The highest BCUT2D eigenvalue weighted by Gasteiger charge is 2.42. The van der Waals surface area contributed by atoms with Gasteiger partial charge in [-0.1, -0.05) is 13.8 Å². The van der Waals surface area contributed by atoms with Crippen LogP contribution in [-0.4, -0.2) is 71.2 Å². The lowest BCUT2D eigenvalue weighted by Gasteiger charge is -2.43. The number of nitrogens with one attached hydrogen (secondary N) is 2. The molecule has 2 bridgehead atoms. The fourth-order valence-electron chi connectivity index (χ4n) is 6.25. The topological polar surface area (TPSA) is 30.5 Å². The van der Waals surface area contributed by atoms with Crippen molar-refractivity contribution >= 4 is 0 Å². The molecule has 4 unspecified atom stereocenters. The zero-order chi connectivity index (χ0) is 20.3. The van der Waals surface area contributed by atoms with Crippen LogP contribution in [0.1, 0.15) is 92.9 Å². The van der Waals surface area contributed by atoms with Crippen LogP contribution in [0.25, 0.3) is 0 Å². The molecular weight excluding hydrogens is 344 g/mol. The van der Waals surface area contributed by atoms with Crippen molar-refractivity contribution in [2.24, 2.45) is 0 Å². The number of rotatable bonds is 9. The van der Waals surface area contributed by atoms with Gasteiger partial charge in [-0.25, -0.2) is 0 Å². The van der Waals surface area contributed by atoms with Crippen LogP contribution in [0.4, 0.5) is 0 Å². The SMILES string of the molecule is CC(C)NC1CC2CCC(C1)N2C(C)CCC(C)NC1CCN(C(C)C)CC1. The molecule has 0 aromatic rings. The molecule has 0 spiro atoms. The first-order valence-corrected chi connectivity index (χ1v) is 12.4. The molecule has 4 heteroatoms. The van der Waals surface area contributed by atoms with Crippen LogP contribution in [0.15, 0.2) is 0 Å². The van der Waals surface area contributed by atoms with Gasteiger partial charge in [-0.15, -0.1) is 0 Å². The fraction of sp³-hybridized carbons (Fsp3) is 1.00. The van der Waals surface area contributed by atoms with E-state index in [2.05, 4.69) is 62.0 Å². The van der Waals surface area contributed by atoms with Crippen LogP contribution in [0.2, 0.25) is 0 Å². The molecule has 0 aromatic carbocycles. The predicted octanol–water partition coefficient (Wildman–Crippen LogP) is 4.00. The normalized spacial score (nSPS) is 32.4. The Balaban J connectivity index is 1.38. The summed E-state index contributed by atoms with van der Waals surface area (Å²) in [6.45, 7) is 16.7. The number of likely N-dealkylation sites (tertiary alicyclic amines) is 1. The van der Waals surface area contributed by atoms with E-state index in [1.54, 1.807) is 0 Å². The minimum absolute atomic E-state index is 0.618. The van der Waals surface area contributed by atoms with Crippen molar-refractivity contribution in [1.29, 1.82) is 0 Å². The van der Waals surface area contributed by atoms with Gasteiger partial charge < -0.3 is 15.5 Å². The molecule has 164 valence electrons. The molecule has 28 heavy (non-hydrogen) atoms. The molecule has 3 fully saturated rings. The van der Waals surface area contributed by atoms with Gasteiger partial charge in [-0.3, -0.25) is 4.90 Å². The average molecular weight is 393 g/mol. The molecule has 0 saturated carbocycles. The standard InChI is InChI=1S/C24H48N4/c1-17(2)25-22-15-23-9-10-24(16-22)28(23)20(6)8-7-19(5)26-21-11-13-27(14-12-21)18(3)4/h17-26H,7-16H2,1-6H3. The molecule has 0 aromatic heterocycles. The van der Waals surface area contributed by atoms with Gasteiger partial charge >= 0.3 is 0 Å². The monoisotopic (exact) mass is 392 g/mol. The number of hydrogen-bond acceptors (Lipinski definition) is 4. The molecule has 3 rings (SSSR count). The molecule has 3 aliphatic heterocycles. The summed E-state index contributed by atoms with van der Waals surface area (Å²) < 4.78 is 0. The van der Waals surface area contributed by atoms with Crippen LogP contribution < -0.4 is 10.6 Å². The maximum absolute atomic E-state index is 3.95. The smallest absolute Gasteiger partial charge is 0.0116 e. The van der Waals surface area contributed by atoms with Gasteiger partial charge in [-0.05, 0) is 92.2 Å². The van der Waals surface area contributed by atoms with Crippen molar-refractivity contribution in [3.05, 3.63) is 0 Å².